The summed E-state index contributed by atoms with van der Waals surface area (Å²) in [5.41, 5.74) is 0.813. The molecule has 0 amide bonds. The normalized spacial score (nSPS) is 24.9. The second kappa shape index (κ2) is 5.40. The van der Waals surface area contributed by atoms with E-state index >= 15 is 0 Å². The van der Waals surface area contributed by atoms with Crippen molar-refractivity contribution in [2.24, 2.45) is 0 Å². The van der Waals surface area contributed by atoms with Gasteiger partial charge in [0, 0.05) is 12.5 Å². The molecule has 2 unspecified atom stereocenters. The molecule has 2 rings (SSSR count). The minimum absolute atomic E-state index is 0.252. The van der Waals surface area contributed by atoms with Crippen LogP contribution < -0.4 is 5.32 Å². The van der Waals surface area contributed by atoms with Crippen LogP contribution in [0.3, 0.4) is 0 Å². The fourth-order valence-corrected chi connectivity index (χ4v) is 4.04. The van der Waals surface area contributed by atoms with Crippen molar-refractivity contribution in [1.29, 1.82) is 0 Å². The van der Waals surface area contributed by atoms with Gasteiger partial charge in [-0.05, 0) is 26.8 Å². The van der Waals surface area contributed by atoms with Crippen LogP contribution in [0.4, 0.5) is 0 Å². The number of likely N-dealkylation sites (N-methyl/N-ethyl adjacent to an activating group) is 1. The molecule has 6 heteroatoms. The molecule has 5 nitrogen and oxygen atoms in total. The van der Waals surface area contributed by atoms with Crippen LogP contribution in [-0.2, 0) is 16.3 Å². The Kier molecular flexibility index (Phi) is 4.07. The van der Waals surface area contributed by atoms with Crippen molar-refractivity contribution in [3.05, 3.63) is 17.8 Å². The van der Waals surface area contributed by atoms with Gasteiger partial charge in [0.2, 0.25) is 5.89 Å². The van der Waals surface area contributed by atoms with Gasteiger partial charge >= 0.3 is 0 Å². The van der Waals surface area contributed by atoms with Gasteiger partial charge < -0.3 is 9.73 Å². The fraction of sp³-hybridized carbons (Fsp3) is 0.750. The van der Waals surface area contributed by atoms with Gasteiger partial charge in [-0.2, -0.15) is 0 Å². The number of sulfone groups is 1. The van der Waals surface area contributed by atoms with Gasteiger partial charge in [-0.25, -0.2) is 13.4 Å². The summed E-state index contributed by atoms with van der Waals surface area (Å²) in [6.07, 6.45) is 4.63. The van der Waals surface area contributed by atoms with E-state index in [1.165, 1.54) is 0 Å². The largest absolute Gasteiger partial charge is 0.447 e. The molecule has 0 aliphatic carbocycles. The first-order valence-corrected chi connectivity index (χ1v) is 8.07. The van der Waals surface area contributed by atoms with Crippen molar-refractivity contribution in [2.75, 3.05) is 12.8 Å². The van der Waals surface area contributed by atoms with Crippen molar-refractivity contribution >= 4 is 9.84 Å². The molecule has 1 aromatic heterocycles. The van der Waals surface area contributed by atoms with Crippen LogP contribution in [0.15, 0.2) is 10.7 Å². The first-order chi connectivity index (χ1) is 8.53. The first-order valence-electron chi connectivity index (χ1n) is 6.36. The zero-order valence-corrected chi connectivity index (χ0v) is 11.7. The molecule has 18 heavy (non-hydrogen) atoms. The van der Waals surface area contributed by atoms with E-state index in [1.807, 2.05) is 14.0 Å². The fourth-order valence-electron chi connectivity index (χ4n) is 2.21. The highest BCUT2D eigenvalue weighted by Crippen LogP contribution is 2.32. The number of oxazole rings is 1. The maximum absolute atomic E-state index is 12.0. The third-order valence-corrected chi connectivity index (χ3v) is 5.59. The second-order valence-electron chi connectivity index (χ2n) is 4.92. The molecule has 1 aliphatic rings. The maximum atomic E-state index is 12.0. The zero-order chi connectivity index (χ0) is 13.2. The number of rotatable bonds is 4. The molecule has 1 N–H and O–H groups in total. The Labute approximate surface area is 108 Å². The van der Waals surface area contributed by atoms with Crippen LogP contribution in [0.5, 0.6) is 0 Å². The summed E-state index contributed by atoms with van der Waals surface area (Å²) < 4.78 is 29.3. The second-order valence-corrected chi connectivity index (χ2v) is 7.23. The molecule has 1 aliphatic heterocycles. The average molecular weight is 272 g/mol. The van der Waals surface area contributed by atoms with Crippen molar-refractivity contribution in [1.82, 2.24) is 10.3 Å². The van der Waals surface area contributed by atoms with E-state index in [-0.39, 0.29) is 5.75 Å². The third-order valence-electron chi connectivity index (χ3n) is 3.43. The average Bonchev–Trinajstić information content (AvgIpc) is 2.76. The number of nitrogens with zero attached hydrogens (tertiary/aromatic N) is 1. The van der Waals surface area contributed by atoms with Gasteiger partial charge in [-0.1, -0.05) is 6.42 Å². The number of nitrogens with one attached hydrogen (secondary N) is 1. The van der Waals surface area contributed by atoms with E-state index in [4.69, 9.17) is 4.42 Å². The van der Waals surface area contributed by atoms with Gasteiger partial charge in [0.25, 0.3) is 0 Å². The predicted molar refractivity (Wildman–Crippen MR) is 69.1 cm³/mol. The molecule has 0 spiro atoms. The molecule has 1 aromatic rings. The molecular weight excluding hydrogens is 252 g/mol. The Hall–Kier alpha value is -0.880. The van der Waals surface area contributed by atoms with Crippen LogP contribution >= 0.6 is 0 Å². The summed E-state index contributed by atoms with van der Waals surface area (Å²) in [7, 11) is -1.18. The molecule has 1 fully saturated rings. The van der Waals surface area contributed by atoms with E-state index in [9.17, 15) is 8.42 Å². The quantitative estimate of drug-likeness (QED) is 0.898. The van der Waals surface area contributed by atoms with Crippen molar-refractivity contribution in [3.8, 4) is 0 Å². The number of aromatic nitrogens is 1. The molecule has 102 valence electrons. The predicted octanol–water partition coefficient (Wildman–Crippen LogP) is 1.46. The van der Waals surface area contributed by atoms with E-state index in [2.05, 4.69) is 10.3 Å². The molecule has 0 saturated carbocycles. The summed E-state index contributed by atoms with van der Waals surface area (Å²) in [4.78, 5) is 4.33. The molecule has 0 bridgehead atoms. The Morgan fingerprint density at radius 3 is 3.00 bits per heavy atom. The lowest BCUT2D eigenvalue weighted by molar-refractivity contribution is 0.451. The summed E-state index contributed by atoms with van der Waals surface area (Å²) in [6, 6.07) is 0.297. The number of hydrogen-bond acceptors (Lipinski definition) is 5. The Balaban J connectivity index is 2.14. The van der Waals surface area contributed by atoms with Gasteiger partial charge in [0.15, 0.2) is 9.84 Å². The highest BCUT2D eigenvalue weighted by Gasteiger charge is 2.33. The van der Waals surface area contributed by atoms with Crippen LogP contribution in [0.2, 0.25) is 0 Å². The van der Waals surface area contributed by atoms with E-state index in [0.717, 1.165) is 25.0 Å². The highest BCUT2D eigenvalue weighted by molar-refractivity contribution is 7.91. The zero-order valence-electron chi connectivity index (χ0n) is 10.8. The van der Waals surface area contributed by atoms with Crippen LogP contribution in [0, 0.1) is 0 Å². The minimum atomic E-state index is -3.07. The van der Waals surface area contributed by atoms with E-state index in [0.29, 0.717) is 18.4 Å². The SMILES string of the molecule is CNC(C)Cc1coc(C2CCCCS2(=O)=O)n1. The molecular formula is C12H20N2O3S. The molecule has 2 atom stereocenters. The molecule has 2 heterocycles. The summed E-state index contributed by atoms with van der Waals surface area (Å²) in [5.74, 6) is 0.621. The Morgan fingerprint density at radius 2 is 2.33 bits per heavy atom. The van der Waals surface area contributed by atoms with Crippen molar-refractivity contribution in [2.45, 2.75) is 43.9 Å². The summed E-state index contributed by atoms with van der Waals surface area (Å²) in [5, 5.41) is 2.58. The minimum Gasteiger partial charge on any atom is -0.447 e. The van der Waals surface area contributed by atoms with Gasteiger partial charge in [-0.3, -0.25) is 0 Å². The van der Waals surface area contributed by atoms with Crippen LogP contribution in [0.1, 0.15) is 43.0 Å². The van der Waals surface area contributed by atoms with E-state index in [1.54, 1.807) is 6.26 Å². The Morgan fingerprint density at radius 1 is 1.56 bits per heavy atom. The van der Waals surface area contributed by atoms with Crippen molar-refractivity contribution < 1.29 is 12.8 Å². The summed E-state index contributed by atoms with van der Waals surface area (Å²) in [6.45, 7) is 2.05. The van der Waals surface area contributed by atoms with Gasteiger partial charge in [0.1, 0.15) is 11.5 Å². The standard InChI is InChI=1S/C12H20N2O3S/c1-9(13-2)7-10-8-17-12(14-10)11-5-3-4-6-18(11,15)16/h8-9,11,13H,3-7H2,1-2H3. The Bertz CT molecular complexity index is 495. The lowest BCUT2D eigenvalue weighted by atomic mass is 10.2. The maximum Gasteiger partial charge on any atom is 0.212 e. The third kappa shape index (κ3) is 2.92. The smallest absolute Gasteiger partial charge is 0.212 e. The van der Waals surface area contributed by atoms with E-state index < -0.39 is 15.1 Å². The molecule has 0 radical (unpaired) electrons. The molecule has 1 saturated heterocycles. The molecule has 0 aromatic carbocycles. The van der Waals surface area contributed by atoms with Crippen LogP contribution in [0.25, 0.3) is 0 Å². The van der Waals surface area contributed by atoms with Crippen LogP contribution in [-0.4, -0.2) is 32.2 Å². The highest BCUT2D eigenvalue weighted by atomic mass is 32.2. The topological polar surface area (TPSA) is 72.2 Å². The lowest BCUT2D eigenvalue weighted by Gasteiger charge is -2.19. The van der Waals surface area contributed by atoms with Gasteiger partial charge in [-0.15, -0.1) is 0 Å². The monoisotopic (exact) mass is 272 g/mol. The first kappa shape index (κ1) is 13.5. The van der Waals surface area contributed by atoms with Gasteiger partial charge in [0.05, 0.1) is 11.4 Å². The van der Waals surface area contributed by atoms with Crippen molar-refractivity contribution in [3.63, 3.8) is 0 Å². The lowest BCUT2D eigenvalue weighted by Crippen LogP contribution is -2.24. The summed E-state index contributed by atoms with van der Waals surface area (Å²) >= 11 is 0. The number of hydrogen-bond donors (Lipinski definition) is 1.